The van der Waals surface area contributed by atoms with Crippen LogP contribution in [0.1, 0.15) is 44.7 Å². The second-order valence-electron chi connectivity index (χ2n) is 6.85. The van der Waals surface area contributed by atoms with Crippen LogP contribution in [-0.4, -0.2) is 49.4 Å². The monoisotopic (exact) mass is 374 g/mol. The summed E-state index contributed by atoms with van der Waals surface area (Å²) >= 11 is 0. The molecule has 1 unspecified atom stereocenters. The Kier molecular flexibility index (Phi) is 9.26. The third-order valence-corrected chi connectivity index (χ3v) is 4.19. The highest BCUT2D eigenvalue weighted by atomic mass is 16.5. The van der Waals surface area contributed by atoms with Gasteiger partial charge in [-0.25, -0.2) is 0 Å². The summed E-state index contributed by atoms with van der Waals surface area (Å²) < 4.78 is 4.73. The number of hydrogen-bond acceptors (Lipinski definition) is 4. The summed E-state index contributed by atoms with van der Waals surface area (Å²) in [7, 11) is 1.32. The van der Waals surface area contributed by atoms with Crippen LogP contribution < -0.4 is 5.32 Å². The fourth-order valence-corrected chi connectivity index (χ4v) is 2.53. The lowest BCUT2D eigenvalue weighted by molar-refractivity contribution is -0.146. The summed E-state index contributed by atoms with van der Waals surface area (Å²) in [6, 6.07) is 8.03. The average molecular weight is 374 g/mol. The molecule has 148 valence electrons. The van der Waals surface area contributed by atoms with Crippen LogP contribution in [0.25, 0.3) is 6.08 Å². The van der Waals surface area contributed by atoms with E-state index in [1.54, 1.807) is 13.0 Å². The molecule has 1 rings (SSSR count). The number of amides is 2. The minimum Gasteiger partial charge on any atom is -0.469 e. The van der Waals surface area contributed by atoms with Crippen molar-refractivity contribution in [3.63, 3.8) is 0 Å². The van der Waals surface area contributed by atoms with Crippen molar-refractivity contribution in [3.8, 4) is 0 Å². The van der Waals surface area contributed by atoms with Gasteiger partial charge in [-0.3, -0.25) is 14.4 Å². The molecule has 27 heavy (non-hydrogen) atoms. The third-order valence-electron chi connectivity index (χ3n) is 4.19. The fourth-order valence-electron chi connectivity index (χ4n) is 2.53. The van der Waals surface area contributed by atoms with Crippen LogP contribution in [0.4, 0.5) is 0 Å². The molecule has 0 aromatic heterocycles. The van der Waals surface area contributed by atoms with E-state index in [0.717, 1.165) is 5.56 Å². The molecule has 0 aliphatic carbocycles. The molecule has 1 aromatic carbocycles. The largest absolute Gasteiger partial charge is 0.469 e. The van der Waals surface area contributed by atoms with Gasteiger partial charge in [0.1, 0.15) is 0 Å². The van der Waals surface area contributed by atoms with E-state index in [2.05, 4.69) is 19.2 Å². The highest BCUT2D eigenvalue weighted by Crippen LogP contribution is 2.15. The number of esters is 1. The van der Waals surface area contributed by atoms with Gasteiger partial charge in [0.25, 0.3) is 0 Å². The van der Waals surface area contributed by atoms with Crippen LogP contribution in [0, 0.1) is 5.92 Å². The van der Waals surface area contributed by atoms with Crippen molar-refractivity contribution in [2.24, 2.45) is 5.92 Å². The van der Waals surface area contributed by atoms with E-state index in [-0.39, 0.29) is 24.3 Å². The minimum absolute atomic E-state index is 0.163. The van der Waals surface area contributed by atoms with Gasteiger partial charge in [-0.2, -0.15) is 0 Å². The van der Waals surface area contributed by atoms with Gasteiger partial charge in [-0.05, 0) is 23.1 Å². The molecule has 0 radical (unpaired) electrons. The van der Waals surface area contributed by atoms with Gasteiger partial charge < -0.3 is 15.0 Å². The Balaban J connectivity index is 2.80. The molecule has 0 bridgehead atoms. The maximum atomic E-state index is 12.6. The van der Waals surface area contributed by atoms with Crippen LogP contribution in [0.15, 0.2) is 30.3 Å². The highest BCUT2D eigenvalue weighted by molar-refractivity contribution is 5.92. The first kappa shape index (κ1) is 22.4. The van der Waals surface area contributed by atoms with Crippen molar-refractivity contribution in [1.82, 2.24) is 10.2 Å². The number of nitrogens with one attached hydrogen (secondary N) is 1. The van der Waals surface area contributed by atoms with Crippen LogP contribution in [-0.2, 0) is 19.1 Å². The van der Waals surface area contributed by atoms with E-state index in [9.17, 15) is 14.4 Å². The number of ether oxygens (including phenoxy) is 1. The number of rotatable bonds is 9. The predicted octanol–water partition coefficient (Wildman–Crippen LogP) is 2.60. The van der Waals surface area contributed by atoms with Crippen molar-refractivity contribution in [2.45, 2.75) is 33.6 Å². The molecule has 0 aliphatic heterocycles. The van der Waals surface area contributed by atoms with E-state index in [4.69, 9.17) is 4.74 Å². The molecule has 1 N–H and O–H groups in total. The maximum Gasteiger partial charge on any atom is 0.310 e. The second kappa shape index (κ2) is 11.2. The van der Waals surface area contributed by atoms with Gasteiger partial charge in [-0.15, -0.1) is 0 Å². The molecular weight excluding hydrogens is 344 g/mol. The summed E-state index contributed by atoms with van der Waals surface area (Å²) in [5.41, 5.74) is 2.16. The zero-order valence-electron chi connectivity index (χ0n) is 16.8. The molecular formula is C21H30N2O4. The lowest BCUT2D eigenvalue weighted by atomic mass is 10.0. The highest BCUT2D eigenvalue weighted by Gasteiger charge is 2.20. The minimum atomic E-state index is -0.449. The van der Waals surface area contributed by atoms with Gasteiger partial charge in [0.2, 0.25) is 11.8 Å². The number of nitrogens with zero attached hydrogens (tertiary/aromatic N) is 1. The first-order chi connectivity index (χ1) is 12.7. The SMILES string of the molecule is COC(=O)C(C)CN(CCNC(C)=O)C(=O)/C=C/c1ccc(C(C)C)cc1. The van der Waals surface area contributed by atoms with Gasteiger partial charge in [0.15, 0.2) is 0 Å². The standard InChI is InChI=1S/C21H30N2O4/c1-15(2)19-9-6-18(7-10-19)8-11-20(25)23(13-12-22-17(4)24)14-16(3)21(26)27-5/h6-11,15-16H,12-14H2,1-5H3,(H,22,24)/b11-8+. The summed E-state index contributed by atoms with van der Waals surface area (Å²) in [6.07, 6.45) is 3.24. The van der Waals surface area contributed by atoms with Crippen LogP contribution in [0.3, 0.4) is 0 Å². The molecule has 0 saturated heterocycles. The molecule has 1 atom stereocenters. The molecule has 6 nitrogen and oxygen atoms in total. The van der Waals surface area contributed by atoms with Crippen molar-refractivity contribution in [2.75, 3.05) is 26.7 Å². The lowest BCUT2D eigenvalue weighted by Crippen LogP contribution is -2.41. The maximum absolute atomic E-state index is 12.6. The van der Waals surface area contributed by atoms with Crippen molar-refractivity contribution in [1.29, 1.82) is 0 Å². The molecule has 2 amide bonds. The van der Waals surface area contributed by atoms with E-state index in [1.807, 2.05) is 24.3 Å². The summed E-state index contributed by atoms with van der Waals surface area (Å²) in [5, 5.41) is 2.66. The zero-order valence-corrected chi connectivity index (χ0v) is 16.8. The smallest absolute Gasteiger partial charge is 0.310 e. The molecule has 0 heterocycles. The van der Waals surface area contributed by atoms with Crippen molar-refractivity contribution >= 4 is 23.9 Å². The Hall–Kier alpha value is -2.63. The topological polar surface area (TPSA) is 75.7 Å². The molecule has 0 spiro atoms. The number of carbonyl (C=O) groups is 3. The van der Waals surface area contributed by atoms with Crippen LogP contribution in [0.2, 0.25) is 0 Å². The Morgan fingerprint density at radius 3 is 2.30 bits per heavy atom. The molecule has 6 heteroatoms. The summed E-state index contributed by atoms with van der Waals surface area (Å²) in [4.78, 5) is 36.9. The van der Waals surface area contributed by atoms with E-state index >= 15 is 0 Å². The van der Waals surface area contributed by atoms with Crippen LogP contribution >= 0.6 is 0 Å². The molecule has 0 aliphatic rings. The van der Waals surface area contributed by atoms with E-state index in [0.29, 0.717) is 19.0 Å². The average Bonchev–Trinajstić information content (AvgIpc) is 2.64. The lowest BCUT2D eigenvalue weighted by Gasteiger charge is -2.24. The quantitative estimate of drug-likeness (QED) is 0.532. The molecule has 0 fully saturated rings. The van der Waals surface area contributed by atoms with E-state index < -0.39 is 5.92 Å². The van der Waals surface area contributed by atoms with Gasteiger partial charge in [0, 0.05) is 32.6 Å². The zero-order chi connectivity index (χ0) is 20.4. The third kappa shape index (κ3) is 8.07. The van der Waals surface area contributed by atoms with Gasteiger partial charge in [-0.1, -0.05) is 45.0 Å². The molecule has 0 saturated carbocycles. The predicted molar refractivity (Wildman–Crippen MR) is 106 cm³/mol. The second-order valence-corrected chi connectivity index (χ2v) is 6.85. The Labute approximate surface area is 161 Å². The summed E-state index contributed by atoms with van der Waals surface area (Å²) in [6.45, 7) is 8.25. The number of benzene rings is 1. The Bertz CT molecular complexity index is 665. The van der Waals surface area contributed by atoms with Crippen molar-refractivity contribution in [3.05, 3.63) is 41.5 Å². The van der Waals surface area contributed by atoms with E-state index in [1.165, 1.54) is 30.6 Å². The van der Waals surface area contributed by atoms with Gasteiger partial charge >= 0.3 is 5.97 Å². The number of methoxy groups -OCH3 is 1. The number of carbonyl (C=O) groups excluding carboxylic acids is 3. The van der Waals surface area contributed by atoms with Gasteiger partial charge in [0.05, 0.1) is 13.0 Å². The summed E-state index contributed by atoms with van der Waals surface area (Å²) in [5.74, 6) is -0.752. The number of hydrogen-bond donors (Lipinski definition) is 1. The van der Waals surface area contributed by atoms with Crippen LogP contribution in [0.5, 0.6) is 0 Å². The first-order valence-electron chi connectivity index (χ1n) is 9.13. The normalized spacial score (nSPS) is 12.1. The van der Waals surface area contributed by atoms with Crippen molar-refractivity contribution < 1.29 is 19.1 Å². The molecule has 1 aromatic rings. The Morgan fingerprint density at radius 1 is 1.15 bits per heavy atom. The fraction of sp³-hybridized carbons (Fsp3) is 0.476. The first-order valence-corrected chi connectivity index (χ1v) is 9.13. The Morgan fingerprint density at radius 2 is 1.78 bits per heavy atom.